The molecule has 0 aromatic heterocycles. The van der Waals surface area contributed by atoms with Crippen molar-refractivity contribution in [2.24, 2.45) is 0 Å². The highest BCUT2D eigenvalue weighted by atomic mass is 16.7. The molecule has 96 valence electrons. The smallest absolute Gasteiger partial charge is 0.146 e. The van der Waals surface area contributed by atoms with Crippen LogP contribution in [0.5, 0.6) is 0 Å². The maximum atomic E-state index is 9.91. The van der Waals surface area contributed by atoms with Crippen LogP contribution in [0, 0.1) is 0 Å². The highest BCUT2D eigenvalue weighted by molar-refractivity contribution is 4.86. The van der Waals surface area contributed by atoms with Crippen LogP contribution in [-0.4, -0.2) is 63.9 Å². The molecule has 1 aliphatic rings. The highest BCUT2D eigenvalue weighted by Crippen LogP contribution is 2.20. The van der Waals surface area contributed by atoms with Crippen LogP contribution in [0.3, 0.4) is 0 Å². The van der Waals surface area contributed by atoms with Crippen molar-refractivity contribution in [2.45, 2.75) is 31.3 Å². The lowest BCUT2D eigenvalue weighted by Gasteiger charge is -2.38. The minimum absolute atomic E-state index is 0.112. The maximum absolute atomic E-state index is 9.91. The van der Waals surface area contributed by atoms with Crippen molar-refractivity contribution < 1.29 is 28.8 Å². The minimum atomic E-state index is -0.731. The molecule has 0 aliphatic carbocycles. The summed E-state index contributed by atoms with van der Waals surface area (Å²) in [6, 6.07) is 0. The molecule has 4 atom stereocenters. The Morgan fingerprint density at radius 2 is 1.81 bits per heavy atom. The summed E-state index contributed by atoms with van der Waals surface area (Å²) < 4.78 is 25.8. The summed E-state index contributed by atoms with van der Waals surface area (Å²) in [5.74, 6) is 0. The normalized spacial score (nSPS) is 35.2. The standard InChI is InChI=1S/C10H20O6/c1-7-9(11)10(16-6-13-3)8(4-14-7)15-5-12-2/h7-11H,4-6H2,1-3H3/t7-,8+,9+,10-/m1/s1. The van der Waals surface area contributed by atoms with Gasteiger partial charge in [0.15, 0.2) is 0 Å². The lowest BCUT2D eigenvalue weighted by atomic mass is 10.0. The lowest BCUT2D eigenvalue weighted by Crippen LogP contribution is -2.54. The second kappa shape index (κ2) is 7.16. The van der Waals surface area contributed by atoms with Crippen LogP contribution in [-0.2, 0) is 23.7 Å². The third-order valence-corrected chi connectivity index (χ3v) is 2.49. The fourth-order valence-electron chi connectivity index (χ4n) is 1.58. The fourth-order valence-corrected chi connectivity index (χ4v) is 1.58. The Morgan fingerprint density at radius 3 is 2.44 bits per heavy atom. The Kier molecular flexibility index (Phi) is 6.18. The Bertz CT molecular complexity index is 186. The Balaban J connectivity index is 2.50. The number of methoxy groups -OCH3 is 2. The molecule has 1 rings (SSSR count). The van der Waals surface area contributed by atoms with E-state index in [0.29, 0.717) is 6.61 Å². The summed E-state index contributed by atoms with van der Waals surface area (Å²) in [7, 11) is 3.06. The molecule has 0 saturated carbocycles. The number of hydrogen-bond donors (Lipinski definition) is 1. The molecule has 16 heavy (non-hydrogen) atoms. The lowest BCUT2D eigenvalue weighted by molar-refractivity contribution is -0.245. The number of aliphatic hydroxyl groups is 1. The van der Waals surface area contributed by atoms with Gasteiger partial charge in [0.2, 0.25) is 0 Å². The molecule has 1 fully saturated rings. The van der Waals surface area contributed by atoms with Crippen LogP contribution in [0.1, 0.15) is 6.92 Å². The number of hydrogen-bond acceptors (Lipinski definition) is 6. The van der Waals surface area contributed by atoms with Crippen molar-refractivity contribution in [3.63, 3.8) is 0 Å². The van der Waals surface area contributed by atoms with E-state index in [2.05, 4.69) is 0 Å². The van der Waals surface area contributed by atoms with Gasteiger partial charge in [-0.25, -0.2) is 0 Å². The van der Waals surface area contributed by atoms with Crippen LogP contribution in [0.2, 0.25) is 0 Å². The highest BCUT2D eigenvalue weighted by Gasteiger charge is 2.39. The minimum Gasteiger partial charge on any atom is -0.388 e. The van der Waals surface area contributed by atoms with Gasteiger partial charge in [0, 0.05) is 14.2 Å². The van der Waals surface area contributed by atoms with E-state index in [-0.39, 0.29) is 25.8 Å². The summed E-state index contributed by atoms with van der Waals surface area (Å²) in [5, 5.41) is 9.91. The van der Waals surface area contributed by atoms with Crippen molar-refractivity contribution >= 4 is 0 Å². The van der Waals surface area contributed by atoms with E-state index in [1.165, 1.54) is 14.2 Å². The molecule has 1 N–H and O–H groups in total. The SMILES string of the molecule is COCO[C@H]1[C@@H](O)[C@@H](C)OC[C@@H]1OCOC. The topological polar surface area (TPSA) is 66.4 Å². The fraction of sp³-hybridized carbons (Fsp3) is 1.00. The van der Waals surface area contributed by atoms with Crippen molar-refractivity contribution in [1.82, 2.24) is 0 Å². The largest absolute Gasteiger partial charge is 0.388 e. The van der Waals surface area contributed by atoms with Gasteiger partial charge in [-0.15, -0.1) is 0 Å². The molecule has 6 heteroatoms. The predicted octanol–water partition coefficient (Wildman–Crippen LogP) is -0.256. The summed E-state index contributed by atoms with van der Waals surface area (Å²) in [4.78, 5) is 0. The third-order valence-electron chi connectivity index (χ3n) is 2.49. The van der Waals surface area contributed by atoms with E-state index in [1.54, 1.807) is 6.92 Å². The Labute approximate surface area is 95.4 Å². The quantitative estimate of drug-likeness (QED) is 0.641. The Morgan fingerprint density at radius 1 is 1.19 bits per heavy atom. The van der Waals surface area contributed by atoms with E-state index < -0.39 is 12.2 Å². The zero-order valence-electron chi connectivity index (χ0n) is 9.92. The van der Waals surface area contributed by atoms with E-state index in [0.717, 1.165) is 0 Å². The molecule has 6 nitrogen and oxygen atoms in total. The number of rotatable bonds is 6. The first-order valence-corrected chi connectivity index (χ1v) is 5.21. The molecular formula is C10H20O6. The van der Waals surface area contributed by atoms with Crippen LogP contribution in [0.4, 0.5) is 0 Å². The molecule has 0 aromatic carbocycles. The van der Waals surface area contributed by atoms with Crippen LogP contribution in [0.15, 0.2) is 0 Å². The van der Waals surface area contributed by atoms with Gasteiger partial charge in [0.25, 0.3) is 0 Å². The first-order chi connectivity index (χ1) is 7.70. The average molecular weight is 236 g/mol. The van der Waals surface area contributed by atoms with Gasteiger partial charge in [-0.3, -0.25) is 0 Å². The van der Waals surface area contributed by atoms with Gasteiger partial charge in [0.05, 0.1) is 12.7 Å². The Hall–Kier alpha value is -0.240. The van der Waals surface area contributed by atoms with Gasteiger partial charge < -0.3 is 28.8 Å². The monoisotopic (exact) mass is 236 g/mol. The van der Waals surface area contributed by atoms with Gasteiger partial charge in [-0.2, -0.15) is 0 Å². The zero-order valence-corrected chi connectivity index (χ0v) is 9.92. The average Bonchev–Trinajstić information content (AvgIpc) is 2.29. The first kappa shape index (κ1) is 13.8. The summed E-state index contributed by atoms with van der Waals surface area (Å²) in [5.41, 5.74) is 0. The number of ether oxygens (including phenoxy) is 5. The molecular weight excluding hydrogens is 216 g/mol. The molecule has 1 saturated heterocycles. The van der Waals surface area contributed by atoms with Crippen LogP contribution >= 0.6 is 0 Å². The molecule has 0 aromatic rings. The first-order valence-electron chi connectivity index (χ1n) is 5.21. The summed E-state index contributed by atoms with van der Waals surface area (Å²) in [6.07, 6.45) is -1.81. The van der Waals surface area contributed by atoms with Gasteiger partial charge >= 0.3 is 0 Å². The molecule has 1 aliphatic heterocycles. The second-order valence-corrected chi connectivity index (χ2v) is 3.68. The van der Waals surface area contributed by atoms with Gasteiger partial charge in [0.1, 0.15) is 31.9 Å². The van der Waals surface area contributed by atoms with E-state index in [1.807, 2.05) is 0 Å². The van der Waals surface area contributed by atoms with E-state index >= 15 is 0 Å². The molecule has 0 spiro atoms. The van der Waals surface area contributed by atoms with Crippen LogP contribution < -0.4 is 0 Å². The maximum Gasteiger partial charge on any atom is 0.146 e. The van der Waals surface area contributed by atoms with E-state index in [4.69, 9.17) is 23.7 Å². The molecule has 0 amide bonds. The summed E-state index contributed by atoms with van der Waals surface area (Å²) in [6.45, 7) is 2.42. The third kappa shape index (κ3) is 3.65. The van der Waals surface area contributed by atoms with Crippen molar-refractivity contribution in [2.75, 3.05) is 34.4 Å². The van der Waals surface area contributed by atoms with E-state index in [9.17, 15) is 5.11 Å². The molecule has 0 radical (unpaired) electrons. The second-order valence-electron chi connectivity index (χ2n) is 3.68. The van der Waals surface area contributed by atoms with Gasteiger partial charge in [-0.05, 0) is 6.92 Å². The van der Waals surface area contributed by atoms with Gasteiger partial charge in [-0.1, -0.05) is 0 Å². The number of aliphatic hydroxyl groups excluding tert-OH is 1. The van der Waals surface area contributed by atoms with Crippen molar-refractivity contribution in [1.29, 1.82) is 0 Å². The van der Waals surface area contributed by atoms with Crippen molar-refractivity contribution in [3.8, 4) is 0 Å². The van der Waals surface area contributed by atoms with Crippen LogP contribution in [0.25, 0.3) is 0 Å². The summed E-state index contributed by atoms with van der Waals surface area (Å²) >= 11 is 0. The zero-order chi connectivity index (χ0) is 12.0. The predicted molar refractivity (Wildman–Crippen MR) is 54.9 cm³/mol. The molecule has 0 bridgehead atoms. The molecule has 1 heterocycles. The van der Waals surface area contributed by atoms with Crippen molar-refractivity contribution in [3.05, 3.63) is 0 Å². The molecule has 0 unspecified atom stereocenters.